The maximum absolute atomic E-state index is 11.6. The largest absolute Gasteiger partial charge is 0.363 e. The standard InChI is InChI=1S/C14H15N5O/c1-2-8-16-14(20)12-6-7-13(19-18-12)17-10-11-5-3-4-9-15-11/h2-7,9H,1,8,10H2,(H,16,20)(H,17,19). The summed E-state index contributed by atoms with van der Waals surface area (Å²) in [7, 11) is 0. The molecule has 0 saturated carbocycles. The van der Waals surface area contributed by atoms with E-state index >= 15 is 0 Å². The quantitative estimate of drug-likeness (QED) is 0.775. The molecule has 0 aliphatic carbocycles. The van der Waals surface area contributed by atoms with E-state index in [2.05, 4.69) is 32.4 Å². The van der Waals surface area contributed by atoms with Gasteiger partial charge in [0.25, 0.3) is 5.91 Å². The Morgan fingerprint density at radius 1 is 1.25 bits per heavy atom. The maximum Gasteiger partial charge on any atom is 0.272 e. The van der Waals surface area contributed by atoms with E-state index in [-0.39, 0.29) is 11.6 Å². The first-order chi connectivity index (χ1) is 9.79. The molecular weight excluding hydrogens is 254 g/mol. The maximum atomic E-state index is 11.6. The van der Waals surface area contributed by atoms with Gasteiger partial charge in [0.15, 0.2) is 5.69 Å². The minimum atomic E-state index is -0.270. The van der Waals surface area contributed by atoms with Gasteiger partial charge in [0, 0.05) is 12.7 Å². The zero-order valence-electron chi connectivity index (χ0n) is 10.9. The van der Waals surface area contributed by atoms with Gasteiger partial charge in [-0.05, 0) is 24.3 Å². The SMILES string of the molecule is C=CCNC(=O)c1ccc(NCc2ccccn2)nn1. The Morgan fingerprint density at radius 2 is 2.15 bits per heavy atom. The molecule has 0 fully saturated rings. The van der Waals surface area contributed by atoms with Crippen molar-refractivity contribution in [1.82, 2.24) is 20.5 Å². The fourth-order valence-electron chi connectivity index (χ4n) is 1.49. The van der Waals surface area contributed by atoms with Crippen LogP contribution in [0.25, 0.3) is 0 Å². The normalized spacial score (nSPS) is 9.80. The number of rotatable bonds is 6. The second kappa shape index (κ2) is 6.98. The Morgan fingerprint density at radius 3 is 2.80 bits per heavy atom. The highest BCUT2D eigenvalue weighted by molar-refractivity contribution is 5.92. The van der Waals surface area contributed by atoms with Crippen molar-refractivity contribution >= 4 is 11.7 Å². The van der Waals surface area contributed by atoms with Crippen LogP contribution in [-0.4, -0.2) is 27.6 Å². The molecule has 0 bridgehead atoms. The van der Waals surface area contributed by atoms with E-state index in [1.165, 1.54) is 0 Å². The van der Waals surface area contributed by atoms with Gasteiger partial charge in [-0.3, -0.25) is 9.78 Å². The number of hydrogen-bond acceptors (Lipinski definition) is 5. The highest BCUT2D eigenvalue weighted by Crippen LogP contribution is 2.04. The van der Waals surface area contributed by atoms with Crippen LogP contribution in [0.5, 0.6) is 0 Å². The van der Waals surface area contributed by atoms with E-state index in [1.807, 2.05) is 18.2 Å². The molecular formula is C14H15N5O. The minimum absolute atomic E-state index is 0.270. The van der Waals surface area contributed by atoms with E-state index in [0.717, 1.165) is 5.69 Å². The highest BCUT2D eigenvalue weighted by Gasteiger charge is 2.06. The van der Waals surface area contributed by atoms with Crippen LogP contribution in [0.3, 0.4) is 0 Å². The molecule has 0 atom stereocenters. The molecule has 1 amide bonds. The summed E-state index contributed by atoms with van der Waals surface area (Å²) in [4.78, 5) is 15.8. The zero-order chi connectivity index (χ0) is 14.2. The lowest BCUT2D eigenvalue weighted by atomic mass is 10.3. The van der Waals surface area contributed by atoms with Crippen molar-refractivity contribution in [3.05, 3.63) is 60.6 Å². The molecule has 102 valence electrons. The first-order valence-electron chi connectivity index (χ1n) is 6.16. The van der Waals surface area contributed by atoms with E-state index in [4.69, 9.17) is 0 Å². The van der Waals surface area contributed by atoms with Gasteiger partial charge in [-0.1, -0.05) is 12.1 Å². The first-order valence-corrected chi connectivity index (χ1v) is 6.16. The Hall–Kier alpha value is -2.76. The molecule has 2 rings (SSSR count). The van der Waals surface area contributed by atoms with Crippen molar-refractivity contribution in [3.63, 3.8) is 0 Å². The fourth-order valence-corrected chi connectivity index (χ4v) is 1.49. The number of nitrogens with one attached hydrogen (secondary N) is 2. The van der Waals surface area contributed by atoms with Gasteiger partial charge in [0.1, 0.15) is 5.82 Å². The second-order valence-corrected chi connectivity index (χ2v) is 3.98. The lowest BCUT2D eigenvalue weighted by Crippen LogP contribution is -2.24. The smallest absolute Gasteiger partial charge is 0.272 e. The van der Waals surface area contributed by atoms with Crippen LogP contribution < -0.4 is 10.6 Å². The van der Waals surface area contributed by atoms with Gasteiger partial charge in [0.2, 0.25) is 0 Å². The van der Waals surface area contributed by atoms with Gasteiger partial charge >= 0.3 is 0 Å². The molecule has 0 unspecified atom stereocenters. The molecule has 2 aromatic rings. The Bertz CT molecular complexity index is 568. The molecule has 2 aromatic heterocycles. The molecule has 0 spiro atoms. The number of amides is 1. The fraction of sp³-hybridized carbons (Fsp3) is 0.143. The van der Waals surface area contributed by atoms with Crippen molar-refractivity contribution in [2.24, 2.45) is 0 Å². The van der Waals surface area contributed by atoms with Gasteiger partial charge in [-0.15, -0.1) is 16.8 Å². The van der Waals surface area contributed by atoms with Crippen LogP contribution in [0.15, 0.2) is 49.2 Å². The first kappa shape index (κ1) is 13.7. The van der Waals surface area contributed by atoms with Crippen molar-refractivity contribution in [2.75, 3.05) is 11.9 Å². The third-order valence-corrected chi connectivity index (χ3v) is 2.48. The lowest BCUT2D eigenvalue weighted by Gasteiger charge is -2.05. The molecule has 2 N–H and O–H groups in total. The average Bonchev–Trinajstić information content (AvgIpc) is 2.52. The van der Waals surface area contributed by atoms with Gasteiger partial charge in [0.05, 0.1) is 12.2 Å². The van der Waals surface area contributed by atoms with Crippen LogP contribution in [0, 0.1) is 0 Å². The topological polar surface area (TPSA) is 79.8 Å². The molecule has 0 radical (unpaired) electrons. The van der Waals surface area contributed by atoms with Crippen molar-refractivity contribution in [2.45, 2.75) is 6.54 Å². The van der Waals surface area contributed by atoms with Crippen molar-refractivity contribution in [3.8, 4) is 0 Å². The summed E-state index contributed by atoms with van der Waals surface area (Å²) in [6.45, 7) is 4.48. The number of anilines is 1. The average molecular weight is 269 g/mol. The summed E-state index contributed by atoms with van der Waals surface area (Å²) >= 11 is 0. The summed E-state index contributed by atoms with van der Waals surface area (Å²) in [6, 6.07) is 9.02. The number of carbonyl (C=O) groups excluding carboxylic acids is 1. The molecule has 0 aliphatic rings. The van der Waals surface area contributed by atoms with Crippen molar-refractivity contribution < 1.29 is 4.79 Å². The molecule has 6 nitrogen and oxygen atoms in total. The summed E-state index contributed by atoms with van der Waals surface area (Å²) in [6.07, 6.45) is 3.34. The predicted molar refractivity (Wildman–Crippen MR) is 76.1 cm³/mol. The summed E-state index contributed by atoms with van der Waals surface area (Å²) < 4.78 is 0. The van der Waals surface area contributed by atoms with Gasteiger partial charge in [-0.25, -0.2) is 0 Å². The number of carbonyl (C=O) groups is 1. The monoisotopic (exact) mass is 269 g/mol. The van der Waals surface area contributed by atoms with Gasteiger partial charge in [-0.2, -0.15) is 0 Å². The summed E-state index contributed by atoms with van der Waals surface area (Å²) in [5.41, 5.74) is 1.18. The van der Waals surface area contributed by atoms with Crippen LogP contribution in [0.4, 0.5) is 5.82 Å². The molecule has 0 aromatic carbocycles. The Labute approximate surface area is 117 Å². The number of nitrogens with zero attached hydrogens (tertiary/aromatic N) is 3. The number of aromatic nitrogens is 3. The van der Waals surface area contributed by atoms with Crippen LogP contribution in [0.2, 0.25) is 0 Å². The molecule has 0 saturated heterocycles. The second-order valence-electron chi connectivity index (χ2n) is 3.98. The van der Waals surface area contributed by atoms with E-state index < -0.39 is 0 Å². The Balaban J connectivity index is 1.91. The van der Waals surface area contributed by atoms with Crippen molar-refractivity contribution in [1.29, 1.82) is 0 Å². The van der Waals surface area contributed by atoms with Crippen LogP contribution in [0.1, 0.15) is 16.2 Å². The number of pyridine rings is 1. The van der Waals surface area contributed by atoms with E-state index in [0.29, 0.717) is 18.9 Å². The zero-order valence-corrected chi connectivity index (χ0v) is 10.9. The minimum Gasteiger partial charge on any atom is -0.363 e. The van der Waals surface area contributed by atoms with Crippen LogP contribution in [-0.2, 0) is 6.54 Å². The lowest BCUT2D eigenvalue weighted by molar-refractivity contribution is 0.0952. The molecule has 0 aliphatic heterocycles. The molecule has 2 heterocycles. The number of hydrogen-bond donors (Lipinski definition) is 2. The van der Waals surface area contributed by atoms with E-state index in [1.54, 1.807) is 24.4 Å². The van der Waals surface area contributed by atoms with Gasteiger partial charge < -0.3 is 10.6 Å². The third-order valence-electron chi connectivity index (χ3n) is 2.48. The van der Waals surface area contributed by atoms with Crippen LogP contribution >= 0.6 is 0 Å². The van der Waals surface area contributed by atoms with E-state index in [9.17, 15) is 4.79 Å². The summed E-state index contributed by atoms with van der Waals surface area (Å²) in [5, 5.41) is 13.5. The molecule has 20 heavy (non-hydrogen) atoms. The summed E-state index contributed by atoms with van der Waals surface area (Å²) in [5.74, 6) is 0.324. The highest BCUT2D eigenvalue weighted by atomic mass is 16.1. The predicted octanol–water partition coefficient (Wildman–Crippen LogP) is 1.40. The third kappa shape index (κ3) is 3.88. The molecule has 6 heteroatoms. The Kier molecular flexibility index (Phi) is 4.77.